The predicted molar refractivity (Wildman–Crippen MR) is 275 cm³/mol. The monoisotopic (exact) mass is 1040 g/mol. The van der Waals surface area contributed by atoms with Crippen LogP contribution in [-0.2, 0) is 75.0 Å². The molecule has 2 aliphatic heterocycles. The minimum atomic E-state index is -3.55. The summed E-state index contributed by atoms with van der Waals surface area (Å²) in [5.41, 5.74) is 9.56. The summed E-state index contributed by atoms with van der Waals surface area (Å²) in [6.07, 6.45) is 4.13. The first-order chi connectivity index (χ1) is 35.7. The predicted octanol–water partition coefficient (Wildman–Crippen LogP) is 5.83. The van der Waals surface area contributed by atoms with Crippen LogP contribution >= 0.6 is 0 Å². The van der Waals surface area contributed by atoms with Gasteiger partial charge in [-0.2, -0.15) is 0 Å². The Labute approximate surface area is 433 Å². The van der Waals surface area contributed by atoms with Crippen LogP contribution in [0, 0.1) is 30.6 Å². The smallest absolute Gasteiger partial charge is 0.457 e. The molecule has 0 fully saturated rings. The van der Waals surface area contributed by atoms with Crippen molar-refractivity contribution in [3.63, 3.8) is 0 Å². The van der Waals surface area contributed by atoms with Gasteiger partial charge in [0.2, 0.25) is 32.4 Å². The lowest BCUT2D eigenvalue weighted by atomic mass is 9.85. The zero-order chi connectivity index (χ0) is 54.2. The summed E-state index contributed by atoms with van der Waals surface area (Å²) in [7, 11) is -3.55. The third-order valence-corrected chi connectivity index (χ3v) is 14.1. The summed E-state index contributed by atoms with van der Waals surface area (Å²) in [4.78, 5) is 106. The number of rotatable bonds is 20. The first kappa shape index (κ1) is 54.8. The van der Waals surface area contributed by atoms with Crippen LogP contribution in [0.15, 0.2) is 70.9 Å². The van der Waals surface area contributed by atoms with Gasteiger partial charge in [-0.05, 0) is 86.4 Å². The van der Waals surface area contributed by atoms with Crippen molar-refractivity contribution in [3.8, 4) is 23.2 Å². The molecule has 0 spiro atoms. The molecular formula is C54H60N8O12S. The topological polar surface area (TPSA) is 287 Å². The van der Waals surface area contributed by atoms with Crippen molar-refractivity contribution >= 4 is 62.2 Å². The third kappa shape index (κ3) is 12.7. The van der Waals surface area contributed by atoms with Crippen LogP contribution in [0.25, 0.3) is 22.3 Å². The number of nitrogens with two attached hydrogens (primary N) is 1. The van der Waals surface area contributed by atoms with Crippen LogP contribution in [0.3, 0.4) is 0 Å². The highest BCUT2D eigenvalue weighted by Crippen LogP contribution is 2.42. The van der Waals surface area contributed by atoms with E-state index in [4.69, 9.17) is 24.9 Å². The van der Waals surface area contributed by atoms with E-state index < -0.39 is 51.5 Å². The third-order valence-electron chi connectivity index (χ3n) is 13.2. The molecule has 0 radical (unpaired) electrons. The van der Waals surface area contributed by atoms with E-state index >= 15 is 0 Å². The number of primary amides is 1. The fourth-order valence-electron chi connectivity index (χ4n) is 9.27. The number of sulfone groups is 1. The number of esters is 1. The number of Topliss-reactive ketones (excluding diaryl/α,β-unsaturated/α-hetero) is 1. The number of hydrogen-bond donors (Lipinski definition) is 4. The fourth-order valence-corrected chi connectivity index (χ4v) is 9.76. The number of nitrogens with one attached hydrogen (secondary N) is 3. The van der Waals surface area contributed by atoms with E-state index in [0.717, 1.165) is 33.8 Å². The number of aromatic nitrogens is 4. The van der Waals surface area contributed by atoms with Gasteiger partial charge in [-0.25, -0.2) is 37.8 Å². The standard InChI is InChI=1S/C54H60N8O12S/c1-7-37-38-23-32(5)16-21-42(38)60-47-39(37)28-62-43(47)25-41-40(49(62)66)30-72-50(67)54(41,8-2)74-53(69)73-29-33-17-19-36(20-18-33)59-48(65)35(14-12-22-56-51(55)68)24-44(63)46(31(3)4)61-45(64)15-11-9-10-13-34-26-57-52(58-27-34)75(6,70)71/h16-21,23,25-27,31,35,46H,7-9,11-12,14-15,22,24,28-30H2,1-6H3,(H,59,65)(H,61,64)(H3,55,56,68)/t35-,46+,54+/m1/s1. The SMILES string of the molecule is CCc1c2c(nc3ccc(C)cc13)-c1cc3c(c(=O)n1C2)COC(=O)[C@@]3(CC)OC(=O)OCc1ccc(NC(=O)[C@H](CCCNC(N)=O)CC(=O)[C@@H](NC(=O)CCCC#Cc2cnc(S(C)(=O)=O)nc2)C(C)C)cc1. The molecule has 0 saturated carbocycles. The molecule has 3 atom stereocenters. The lowest BCUT2D eigenvalue weighted by molar-refractivity contribution is -0.175. The van der Waals surface area contributed by atoms with Crippen LogP contribution in [0.5, 0.6) is 0 Å². The Morgan fingerprint density at radius 1 is 0.987 bits per heavy atom. The number of benzene rings is 2. The van der Waals surface area contributed by atoms with Crippen LogP contribution in [0.1, 0.15) is 112 Å². The van der Waals surface area contributed by atoms with E-state index in [0.29, 0.717) is 60.4 Å². The second-order valence-corrected chi connectivity index (χ2v) is 20.9. The highest BCUT2D eigenvalue weighted by Gasteiger charge is 2.51. The Morgan fingerprint density at radius 3 is 2.39 bits per heavy atom. The van der Waals surface area contributed by atoms with Gasteiger partial charge in [-0.15, -0.1) is 0 Å². The maximum Gasteiger partial charge on any atom is 0.510 e. The van der Waals surface area contributed by atoms with Crippen molar-refractivity contribution in [2.45, 2.75) is 123 Å². The Kier molecular flexibility index (Phi) is 17.1. The Bertz CT molecular complexity index is 3290. The molecule has 2 aromatic carbocycles. The quantitative estimate of drug-likeness (QED) is 0.0303. The molecule has 5 heterocycles. The number of carbonyl (C=O) groups excluding carboxylic acids is 6. The number of cyclic esters (lactones) is 1. The molecule has 21 heteroatoms. The average Bonchev–Trinajstić information content (AvgIpc) is 3.77. The average molecular weight is 1050 g/mol. The summed E-state index contributed by atoms with van der Waals surface area (Å²) in [5.74, 6) is 2.49. The number of pyridine rings is 2. The number of nitrogens with zero attached hydrogens (tertiary/aromatic N) is 4. The van der Waals surface area contributed by atoms with E-state index in [2.05, 4.69) is 50.7 Å². The number of ether oxygens (including phenoxy) is 3. The Balaban J connectivity index is 0.968. The number of amides is 4. The first-order valence-electron chi connectivity index (χ1n) is 24.7. The maximum absolute atomic E-state index is 14.2. The molecule has 4 amide bonds. The zero-order valence-corrected chi connectivity index (χ0v) is 43.5. The number of ketones is 1. The van der Waals surface area contributed by atoms with Crippen molar-refractivity contribution in [2.75, 3.05) is 18.1 Å². The van der Waals surface area contributed by atoms with Gasteiger partial charge in [-0.1, -0.05) is 63.3 Å². The molecule has 3 aromatic heterocycles. The molecule has 394 valence electrons. The molecule has 5 N–H and O–H groups in total. The highest BCUT2D eigenvalue weighted by atomic mass is 32.2. The number of unbranched alkanes of at least 4 members (excludes halogenated alkanes) is 1. The van der Waals surface area contributed by atoms with Crippen molar-refractivity contribution in [3.05, 3.63) is 110 Å². The van der Waals surface area contributed by atoms with Crippen molar-refractivity contribution in [1.29, 1.82) is 0 Å². The van der Waals surface area contributed by atoms with E-state index in [1.807, 2.05) is 19.1 Å². The number of carbonyl (C=O) groups is 6. The minimum Gasteiger partial charge on any atom is -0.457 e. The van der Waals surface area contributed by atoms with Crippen LogP contribution in [0.2, 0.25) is 0 Å². The summed E-state index contributed by atoms with van der Waals surface area (Å²) in [5, 5.41) is 8.83. The van der Waals surface area contributed by atoms with Crippen molar-refractivity contribution in [2.24, 2.45) is 17.6 Å². The van der Waals surface area contributed by atoms with E-state index in [1.54, 1.807) is 55.7 Å². The molecule has 2 aliphatic rings. The second kappa shape index (κ2) is 23.5. The molecule has 0 aliphatic carbocycles. The number of hydrogen-bond acceptors (Lipinski definition) is 15. The van der Waals surface area contributed by atoms with Gasteiger partial charge in [0.1, 0.15) is 13.2 Å². The number of urea groups is 1. The zero-order valence-electron chi connectivity index (χ0n) is 42.7. The second-order valence-electron chi connectivity index (χ2n) is 19.0. The normalized spacial score (nSPS) is 15.3. The van der Waals surface area contributed by atoms with Crippen LogP contribution < -0.4 is 27.2 Å². The summed E-state index contributed by atoms with van der Waals surface area (Å²) < 4.78 is 41.7. The first-order valence-corrected chi connectivity index (χ1v) is 26.6. The van der Waals surface area contributed by atoms with Crippen molar-refractivity contribution in [1.82, 2.24) is 30.2 Å². The van der Waals surface area contributed by atoms with Gasteiger partial charge in [0.05, 0.1) is 40.6 Å². The van der Waals surface area contributed by atoms with E-state index in [1.165, 1.54) is 12.4 Å². The number of fused-ring (bicyclic) bond motifs is 5. The van der Waals surface area contributed by atoms with Gasteiger partial charge in [0, 0.05) is 72.6 Å². The maximum atomic E-state index is 14.2. The molecular weight excluding hydrogens is 985 g/mol. The van der Waals surface area contributed by atoms with Crippen LogP contribution in [-0.4, -0.2) is 82.5 Å². The molecule has 0 bridgehead atoms. The largest absolute Gasteiger partial charge is 0.510 e. The van der Waals surface area contributed by atoms with Gasteiger partial charge in [0.15, 0.2) is 5.78 Å². The molecule has 20 nitrogen and oxygen atoms in total. The summed E-state index contributed by atoms with van der Waals surface area (Å²) >= 11 is 0. The van der Waals surface area contributed by atoms with Crippen molar-refractivity contribution < 1.29 is 51.4 Å². The molecule has 5 aromatic rings. The van der Waals surface area contributed by atoms with Gasteiger partial charge < -0.3 is 40.5 Å². The fraction of sp³-hybridized carbons (Fsp3) is 0.407. The summed E-state index contributed by atoms with van der Waals surface area (Å²) in [6.45, 7) is 9.14. The highest BCUT2D eigenvalue weighted by molar-refractivity contribution is 7.90. The van der Waals surface area contributed by atoms with Gasteiger partial charge in [0.25, 0.3) is 5.56 Å². The Morgan fingerprint density at radius 2 is 1.72 bits per heavy atom. The Hall–Kier alpha value is -7.99. The lowest BCUT2D eigenvalue weighted by Crippen LogP contribution is -2.47. The van der Waals surface area contributed by atoms with Gasteiger partial charge in [-0.3, -0.25) is 19.2 Å². The van der Waals surface area contributed by atoms with Crippen LogP contribution in [0.4, 0.5) is 15.3 Å². The minimum absolute atomic E-state index is 0.0614. The number of aryl methyl sites for hydroxylation is 2. The summed E-state index contributed by atoms with van der Waals surface area (Å²) in [6, 6.07) is 12.4. The molecule has 0 saturated heterocycles. The van der Waals surface area contributed by atoms with Gasteiger partial charge >= 0.3 is 18.2 Å². The lowest BCUT2D eigenvalue weighted by Gasteiger charge is -2.35. The number of anilines is 1. The van der Waals surface area contributed by atoms with E-state index in [-0.39, 0.29) is 84.9 Å². The molecule has 7 rings (SSSR count). The molecule has 75 heavy (non-hydrogen) atoms. The molecule has 0 unspecified atom stereocenters. The van der Waals surface area contributed by atoms with E-state index in [9.17, 15) is 42.0 Å².